The summed E-state index contributed by atoms with van der Waals surface area (Å²) in [6, 6.07) is 4.19. The van der Waals surface area contributed by atoms with Crippen molar-refractivity contribution < 1.29 is 19.2 Å². The van der Waals surface area contributed by atoms with E-state index in [4.69, 9.17) is 4.74 Å². The Kier molecular flexibility index (Phi) is 2.53. The van der Waals surface area contributed by atoms with Gasteiger partial charge >= 0.3 is 0 Å². The molecule has 0 saturated carbocycles. The zero-order chi connectivity index (χ0) is 15.6. The molecule has 7 nitrogen and oxygen atoms in total. The lowest BCUT2D eigenvalue weighted by atomic mass is 9.85. The van der Waals surface area contributed by atoms with Crippen LogP contribution in [-0.4, -0.2) is 28.9 Å². The summed E-state index contributed by atoms with van der Waals surface area (Å²) in [6.07, 6.45) is 2.88. The summed E-state index contributed by atoms with van der Waals surface area (Å²) < 4.78 is 5.57. The van der Waals surface area contributed by atoms with E-state index in [9.17, 15) is 19.7 Å². The number of anilines is 1. The number of carbonyl (C=O) groups is 2. The molecule has 1 aromatic rings. The van der Waals surface area contributed by atoms with E-state index < -0.39 is 16.8 Å². The van der Waals surface area contributed by atoms with E-state index in [0.717, 1.165) is 4.90 Å². The van der Waals surface area contributed by atoms with Crippen LogP contribution >= 0.6 is 0 Å². The van der Waals surface area contributed by atoms with Crippen molar-refractivity contribution in [1.82, 2.24) is 0 Å². The Bertz CT molecular complexity index is 726. The van der Waals surface area contributed by atoms with E-state index in [1.54, 1.807) is 25.1 Å². The lowest BCUT2D eigenvalue weighted by Gasteiger charge is -2.19. The first-order chi connectivity index (χ1) is 10.5. The first kappa shape index (κ1) is 13.1. The lowest BCUT2D eigenvalue weighted by Crippen LogP contribution is -2.34. The predicted octanol–water partition coefficient (Wildman–Crippen LogP) is 1.35. The number of amides is 2. The van der Waals surface area contributed by atoms with Crippen LogP contribution in [-0.2, 0) is 14.3 Å². The van der Waals surface area contributed by atoms with Gasteiger partial charge in [0.1, 0.15) is 0 Å². The fourth-order valence-corrected chi connectivity index (χ4v) is 3.49. The summed E-state index contributed by atoms with van der Waals surface area (Å²) in [5, 5.41) is 10.9. The number of aryl methyl sites for hydroxylation is 1. The summed E-state index contributed by atoms with van der Waals surface area (Å²) in [7, 11) is 0. The number of benzene rings is 1. The topological polar surface area (TPSA) is 89.8 Å². The average Bonchev–Trinajstić information content (AvgIpc) is 3.14. The number of nitrogens with zero attached hydrogens (tertiary/aromatic N) is 2. The zero-order valence-corrected chi connectivity index (χ0v) is 11.6. The summed E-state index contributed by atoms with van der Waals surface area (Å²) in [4.78, 5) is 36.8. The van der Waals surface area contributed by atoms with E-state index in [1.165, 1.54) is 12.1 Å². The second-order valence-corrected chi connectivity index (χ2v) is 5.74. The second kappa shape index (κ2) is 4.23. The quantitative estimate of drug-likeness (QED) is 0.356. The van der Waals surface area contributed by atoms with Crippen LogP contribution in [0.15, 0.2) is 30.4 Å². The van der Waals surface area contributed by atoms with Crippen molar-refractivity contribution in [2.24, 2.45) is 11.8 Å². The Morgan fingerprint density at radius 3 is 2.27 bits per heavy atom. The number of ether oxygens (including phenoxy) is 1. The molecule has 0 unspecified atom stereocenters. The molecule has 3 aliphatic rings. The third-order valence-electron chi connectivity index (χ3n) is 4.56. The number of nitro benzene ring substituents is 1. The van der Waals surface area contributed by atoms with Crippen LogP contribution in [0.3, 0.4) is 0 Å². The van der Waals surface area contributed by atoms with Crippen LogP contribution < -0.4 is 4.90 Å². The van der Waals surface area contributed by atoms with Gasteiger partial charge in [-0.1, -0.05) is 18.2 Å². The Hall–Kier alpha value is -2.54. The van der Waals surface area contributed by atoms with Crippen LogP contribution in [0.1, 0.15) is 5.56 Å². The Morgan fingerprint density at radius 2 is 1.73 bits per heavy atom. The van der Waals surface area contributed by atoms with Crippen molar-refractivity contribution in [3.8, 4) is 0 Å². The van der Waals surface area contributed by atoms with Gasteiger partial charge in [-0.2, -0.15) is 0 Å². The monoisotopic (exact) mass is 300 g/mol. The highest BCUT2D eigenvalue weighted by atomic mass is 16.6. The molecule has 22 heavy (non-hydrogen) atoms. The van der Waals surface area contributed by atoms with Gasteiger partial charge in [0.05, 0.1) is 34.7 Å². The van der Waals surface area contributed by atoms with Crippen LogP contribution in [0.25, 0.3) is 0 Å². The molecule has 0 N–H and O–H groups in total. The molecule has 0 aromatic heterocycles. The zero-order valence-electron chi connectivity index (χ0n) is 11.6. The molecule has 2 bridgehead atoms. The molecule has 0 spiro atoms. The largest absolute Gasteiger partial charge is 0.365 e. The molecule has 0 aliphatic carbocycles. The number of fused-ring (bicyclic) bond motifs is 5. The summed E-state index contributed by atoms with van der Waals surface area (Å²) >= 11 is 0. The first-order valence-electron chi connectivity index (χ1n) is 6.95. The Labute approximate surface area is 125 Å². The third-order valence-corrected chi connectivity index (χ3v) is 4.56. The first-order valence-corrected chi connectivity index (χ1v) is 6.95. The maximum absolute atomic E-state index is 12.6. The molecule has 7 heteroatoms. The normalized spacial score (nSPS) is 32.0. The van der Waals surface area contributed by atoms with E-state index in [-0.39, 0.29) is 35.4 Å². The number of hydrogen-bond acceptors (Lipinski definition) is 5. The fraction of sp³-hybridized carbons (Fsp3) is 0.333. The summed E-state index contributed by atoms with van der Waals surface area (Å²) in [6.45, 7) is 1.72. The number of hydrogen-bond donors (Lipinski definition) is 0. The fourth-order valence-electron chi connectivity index (χ4n) is 3.49. The van der Waals surface area contributed by atoms with Crippen molar-refractivity contribution in [1.29, 1.82) is 0 Å². The van der Waals surface area contributed by atoms with Crippen LogP contribution in [0.5, 0.6) is 0 Å². The van der Waals surface area contributed by atoms with Gasteiger partial charge in [0.15, 0.2) is 0 Å². The van der Waals surface area contributed by atoms with E-state index in [0.29, 0.717) is 5.56 Å². The molecular weight excluding hydrogens is 288 g/mol. The third kappa shape index (κ3) is 1.54. The van der Waals surface area contributed by atoms with Gasteiger partial charge in [0, 0.05) is 12.1 Å². The number of imide groups is 1. The molecule has 1 aromatic carbocycles. The predicted molar refractivity (Wildman–Crippen MR) is 75.1 cm³/mol. The van der Waals surface area contributed by atoms with Gasteiger partial charge in [0.25, 0.3) is 5.69 Å². The van der Waals surface area contributed by atoms with Crippen molar-refractivity contribution in [2.75, 3.05) is 4.90 Å². The number of rotatable bonds is 2. The van der Waals surface area contributed by atoms with Crippen molar-refractivity contribution >= 4 is 23.2 Å². The highest BCUT2D eigenvalue weighted by molar-refractivity contribution is 6.23. The van der Waals surface area contributed by atoms with Crippen LogP contribution in [0.4, 0.5) is 11.4 Å². The summed E-state index contributed by atoms with van der Waals surface area (Å²) in [5.74, 6) is -1.70. The number of non-ortho nitro benzene ring substituents is 1. The molecule has 0 radical (unpaired) electrons. The average molecular weight is 300 g/mol. The van der Waals surface area contributed by atoms with Gasteiger partial charge in [-0.05, 0) is 12.5 Å². The molecule has 3 heterocycles. The van der Waals surface area contributed by atoms with Crippen molar-refractivity contribution in [3.05, 3.63) is 46.0 Å². The Balaban J connectivity index is 1.79. The summed E-state index contributed by atoms with van der Waals surface area (Å²) in [5.41, 5.74) is 0.794. The highest BCUT2D eigenvalue weighted by Crippen LogP contribution is 2.46. The van der Waals surface area contributed by atoms with Crippen molar-refractivity contribution in [3.63, 3.8) is 0 Å². The van der Waals surface area contributed by atoms with Gasteiger partial charge in [-0.25, -0.2) is 4.90 Å². The maximum Gasteiger partial charge on any atom is 0.271 e. The molecule has 4 rings (SSSR count). The standard InChI is InChI=1S/C15H12N2O5/c1-7-2-3-8(17(20)21)6-9(7)16-14(18)12-10-4-5-11(22-10)13(12)15(16)19/h2-6,10-13H,1H3/t10-,11-,12-,13+/m1/s1. The van der Waals surface area contributed by atoms with Gasteiger partial charge in [-0.3, -0.25) is 19.7 Å². The molecule has 4 atom stereocenters. The lowest BCUT2D eigenvalue weighted by molar-refractivity contribution is -0.384. The van der Waals surface area contributed by atoms with E-state index in [2.05, 4.69) is 0 Å². The molecule has 2 fully saturated rings. The van der Waals surface area contributed by atoms with Gasteiger partial charge < -0.3 is 4.74 Å². The minimum atomic E-state index is -0.539. The Morgan fingerprint density at radius 1 is 1.14 bits per heavy atom. The van der Waals surface area contributed by atoms with E-state index >= 15 is 0 Å². The SMILES string of the molecule is Cc1ccc([N+](=O)[O-])cc1N1C(=O)[C@@H]2[C@H](C1=O)[C@H]1C=C[C@H]2O1. The van der Waals surface area contributed by atoms with Gasteiger partial charge in [-0.15, -0.1) is 0 Å². The second-order valence-electron chi connectivity index (χ2n) is 5.74. The molecule has 2 saturated heterocycles. The van der Waals surface area contributed by atoms with Gasteiger partial charge in [0.2, 0.25) is 11.8 Å². The molecule has 2 amide bonds. The molecule has 112 valence electrons. The van der Waals surface area contributed by atoms with E-state index in [1.807, 2.05) is 0 Å². The minimum Gasteiger partial charge on any atom is -0.365 e. The number of carbonyl (C=O) groups excluding carboxylic acids is 2. The minimum absolute atomic E-state index is 0.143. The molecular formula is C15H12N2O5. The van der Waals surface area contributed by atoms with Crippen LogP contribution in [0.2, 0.25) is 0 Å². The number of nitro groups is 1. The maximum atomic E-state index is 12.6. The highest BCUT2D eigenvalue weighted by Gasteiger charge is 2.61. The smallest absolute Gasteiger partial charge is 0.271 e. The molecule has 3 aliphatic heterocycles. The van der Waals surface area contributed by atoms with Crippen LogP contribution in [0, 0.1) is 28.9 Å². The van der Waals surface area contributed by atoms with Crippen molar-refractivity contribution in [2.45, 2.75) is 19.1 Å².